The minimum absolute atomic E-state index is 0.161. The summed E-state index contributed by atoms with van der Waals surface area (Å²) in [6.07, 6.45) is 2.78. The van der Waals surface area contributed by atoms with Crippen molar-refractivity contribution in [1.29, 1.82) is 0 Å². The Morgan fingerprint density at radius 1 is 1.14 bits per heavy atom. The molecular formula is C23H25BrN2O3. The van der Waals surface area contributed by atoms with Crippen LogP contribution in [0.25, 0.3) is 0 Å². The zero-order valence-corrected chi connectivity index (χ0v) is 18.4. The number of para-hydroxylation sites is 2. The predicted octanol–water partition coefficient (Wildman–Crippen LogP) is 5.67. The molecule has 5 nitrogen and oxygen atoms in total. The fourth-order valence-electron chi connectivity index (χ4n) is 3.95. The van der Waals surface area contributed by atoms with Gasteiger partial charge in [-0.3, -0.25) is 14.6 Å². The molecule has 2 aromatic carbocycles. The van der Waals surface area contributed by atoms with E-state index in [1.165, 1.54) is 0 Å². The van der Waals surface area contributed by atoms with Gasteiger partial charge >= 0.3 is 5.97 Å². The van der Waals surface area contributed by atoms with Crippen LogP contribution in [0.15, 0.2) is 58.0 Å². The number of rotatable bonds is 5. The summed E-state index contributed by atoms with van der Waals surface area (Å²) in [5, 5.41) is 12.7. The van der Waals surface area contributed by atoms with Gasteiger partial charge in [-0.15, -0.1) is 0 Å². The first-order valence-corrected chi connectivity index (χ1v) is 10.4. The van der Waals surface area contributed by atoms with Crippen LogP contribution in [-0.2, 0) is 9.59 Å². The first-order chi connectivity index (χ1) is 13.6. The Hall–Kier alpha value is -2.47. The number of nitrogens with one attached hydrogen (secondary N) is 1. The number of carbonyl (C=O) groups excluding carboxylic acids is 1. The topological polar surface area (TPSA) is 78.8 Å². The van der Waals surface area contributed by atoms with E-state index in [-0.39, 0.29) is 11.8 Å². The molecule has 1 aliphatic rings. The van der Waals surface area contributed by atoms with Gasteiger partial charge in [-0.05, 0) is 55.0 Å². The number of carboxylic acid groups (broad SMARTS) is 1. The minimum Gasteiger partial charge on any atom is -0.481 e. The van der Waals surface area contributed by atoms with Crippen LogP contribution in [0.1, 0.15) is 39.2 Å². The second kappa shape index (κ2) is 8.11. The van der Waals surface area contributed by atoms with E-state index in [4.69, 9.17) is 0 Å². The number of hydrogen-bond acceptors (Lipinski definition) is 3. The third kappa shape index (κ3) is 4.13. The SMILES string of the molecule is CC1(C)[C@@H](C(=O)Nc2ccccc2N=Cc2ccc(Br)cc2)CC[C@@]1(C)C(=O)O. The predicted molar refractivity (Wildman–Crippen MR) is 119 cm³/mol. The maximum atomic E-state index is 13.0. The molecule has 0 bridgehead atoms. The second-order valence-electron chi connectivity index (χ2n) is 8.27. The fourth-order valence-corrected chi connectivity index (χ4v) is 4.21. The van der Waals surface area contributed by atoms with Crippen LogP contribution >= 0.6 is 15.9 Å². The summed E-state index contributed by atoms with van der Waals surface area (Å²) in [5.74, 6) is -1.39. The normalized spacial score (nSPS) is 23.2. The smallest absolute Gasteiger partial charge is 0.309 e. The van der Waals surface area contributed by atoms with Crippen LogP contribution in [0, 0.1) is 16.7 Å². The van der Waals surface area contributed by atoms with Gasteiger partial charge in [0, 0.05) is 16.6 Å². The first-order valence-electron chi connectivity index (χ1n) is 9.58. The molecule has 0 spiro atoms. The number of amides is 1. The van der Waals surface area contributed by atoms with Crippen LogP contribution in [-0.4, -0.2) is 23.2 Å². The number of aliphatic carboxylic acids is 1. The molecule has 1 aliphatic carbocycles. The number of benzene rings is 2. The number of hydrogen-bond donors (Lipinski definition) is 2. The van der Waals surface area contributed by atoms with Crippen molar-refractivity contribution in [3.63, 3.8) is 0 Å². The van der Waals surface area contributed by atoms with Crippen molar-refractivity contribution in [3.05, 3.63) is 58.6 Å². The lowest BCUT2D eigenvalue weighted by Crippen LogP contribution is -2.43. The largest absolute Gasteiger partial charge is 0.481 e. The summed E-state index contributed by atoms with van der Waals surface area (Å²) in [4.78, 5) is 29.4. The van der Waals surface area contributed by atoms with Crippen LogP contribution in [0.2, 0.25) is 0 Å². The van der Waals surface area contributed by atoms with Crippen molar-refractivity contribution >= 4 is 45.4 Å². The standard InChI is InChI=1S/C23H25BrN2O3/c1-22(2)17(12-13-23(22,3)21(28)29)20(27)26-19-7-5-4-6-18(19)25-14-15-8-10-16(24)11-9-15/h4-11,14,17H,12-13H2,1-3H3,(H,26,27)(H,28,29)/t17-,23+/m1/s1. The molecule has 0 saturated heterocycles. The van der Waals surface area contributed by atoms with E-state index >= 15 is 0 Å². The molecule has 1 amide bonds. The quantitative estimate of drug-likeness (QED) is 0.569. The Kier molecular flexibility index (Phi) is 5.94. The van der Waals surface area contributed by atoms with Gasteiger partial charge in [-0.25, -0.2) is 0 Å². The van der Waals surface area contributed by atoms with Gasteiger partial charge in [0.25, 0.3) is 0 Å². The van der Waals surface area contributed by atoms with E-state index in [1.54, 1.807) is 13.1 Å². The van der Waals surface area contributed by atoms with Gasteiger partial charge in [0.05, 0.1) is 16.8 Å². The molecule has 0 heterocycles. The highest BCUT2D eigenvalue weighted by Crippen LogP contribution is 2.56. The molecule has 6 heteroatoms. The summed E-state index contributed by atoms with van der Waals surface area (Å²) in [5.41, 5.74) is 0.641. The number of anilines is 1. The van der Waals surface area contributed by atoms with Crippen molar-refractivity contribution in [2.24, 2.45) is 21.7 Å². The molecule has 29 heavy (non-hydrogen) atoms. The number of carboxylic acids is 1. The maximum Gasteiger partial charge on any atom is 0.309 e. The van der Waals surface area contributed by atoms with E-state index in [9.17, 15) is 14.7 Å². The van der Waals surface area contributed by atoms with E-state index in [0.29, 0.717) is 24.2 Å². The van der Waals surface area contributed by atoms with Gasteiger partial charge in [0.2, 0.25) is 5.91 Å². The molecular weight excluding hydrogens is 432 g/mol. The minimum atomic E-state index is -0.922. The van der Waals surface area contributed by atoms with Crippen molar-refractivity contribution in [2.75, 3.05) is 5.32 Å². The van der Waals surface area contributed by atoms with Gasteiger partial charge in [-0.1, -0.05) is 54.0 Å². The molecule has 1 fully saturated rings. The van der Waals surface area contributed by atoms with Gasteiger partial charge < -0.3 is 10.4 Å². The molecule has 1 saturated carbocycles. The highest BCUT2D eigenvalue weighted by atomic mass is 79.9. The third-order valence-corrected chi connectivity index (χ3v) is 6.93. The Morgan fingerprint density at radius 2 is 1.79 bits per heavy atom. The first kappa shape index (κ1) is 21.2. The van der Waals surface area contributed by atoms with Crippen LogP contribution in [0.5, 0.6) is 0 Å². The lowest BCUT2D eigenvalue weighted by atomic mass is 9.65. The Balaban J connectivity index is 1.80. The molecule has 2 N–H and O–H groups in total. The second-order valence-corrected chi connectivity index (χ2v) is 9.18. The molecule has 0 radical (unpaired) electrons. The van der Waals surface area contributed by atoms with Gasteiger partial charge in [-0.2, -0.15) is 0 Å². The van der Waals surface area contributed by atoms with E-state index in [1.807, 2.05) is 62.4 Å². The molecule has 0 unspecified atom stereocenters. The van der Waals surface area contributed by atoms with Crippen molar-refractivity contribution < 1.29 is 14.7 Å². The van der Waals surface area contributed by atoms with Gasteiger partial charge in [0.15, 0.2) is 0 Å². The molecule has 2 aromatic rings. The highest BCUT2D eigenvalue weighted by molar-refractivity contribution is 9.10. The molecule has 2 atom stereocenters. The average Bonchev–Trinajstić information content (AvgIpc) is 2.93. The van der Waals surface area contributed by atoms with Crippen molar-refractivity contribution in [2.45, 2.75) is 33.6 Å². The monoisotopic (exact) mass is 456 g/mol. The summed E-state index contributed by atoms with van der Waals surface area (Å²) in [6, 6.07) is 15.1. The fraction of sp³-hybridized carbons (Fsp3) is 0.348. The van der Waals surface area contributed by atoms with Crippen molar-refractivity contribution in [1.82, 2.24) is 0 Å². The highest BCUT2D eigenvalue weighted by Gasteiger charge is 2.58. The Morgan fingerprint density at radius 3 is 2.41 bits per heavy atom. The third-order valence-electron chi connectivity index (χ3n) is 6.40. The average molecular weight is 457 g/mol. The van der Waals surface area contributed by atoms with Crippen molar-refractivity contribution in [3.8, 4) is 0 Å². The number of nitrogens with zero attached hydrogens (tertiary/aromatic N) is 1. The zero-order valence-electron chi connectivity index (χ0n) is 16.8. The van der Waals surface area contributed by atoms with Crippen LogP contribution < -0.4 is 5.32 Å². The maximum absolute atomic E-state index is 13.0. The Labute approximate surface area is 179 Å². The summed E-state index contributed by atoms with van der Waals surface area (Å²) < 4.78 is 0.995. The van der Waals surface area contributed by atoms with E-state index in [0.717, 1.165) is 10.0 Å². The molecule has 0 aromatic heterocycles. The number of aliphatic imine (C=N–C) groups is 1. The van der Waals surface area contributed by atoms with E-state index < -0.39 is 16.8 Å². The van der Waals surface area contributed by atoms with Crippen LogP contribution in [0.3, 0.4) is 0 Å². The lowest BCUT2D eigenvalue weighted by molar-refractivity contribution is -0.154. The number of halogens is 1. The van der Waals surface area contributed by atoms with Crippen LogP contribution in [0.4, 0.5) is 11.4 Å². The lowest BCUT2D eigenvalue weighted by Gasteiger charge is -2.37. The molecule has 152 valence electrons. The van der Waals surface area contributed by atoms with Gasteiger partial charge in [0.1, 0.15) is 0 Å². The Bertz CT molecular complexity index is 953. The van der Waals surface area contributed by atoms with E-state index in [2.05, 4.69) is 26.2 Å². The summed E-state index contributed by atoms with van der Waals surface area (Å²) in [6.45, 7) is 5.48. The summed E-state index contributed by atoms with van der Waals surface area (Å²) in [7, 11) is 0. The molecule has 3 rings (SSSR count). The molecule has 0 aliphatic heterocycles. The number of carbonyl (C=O) groups is 2. The summed E-state index contributed by atoms with van der Waals surface area (Å²) >= 11 is 3.41. The zero-order chi connectivity index (χ0) is 21.2.